The van der Waals surface area contributed by atoms with Crippen LogP contribution in [-0.2, 0) is 7.05 Å². The van der Waals surface area contributed by atoms with E-state index in [1.54, 1.807) is 28.7 Å². The van der Waals surface area contributed by atoms with Crippen LogP contribution in [-0.4, -0.2) is 35.9 Å². The maximum absolute atomic E-state index is 12.1. The number of nitrogens with one attached hydrogen (secondary N) is 1. The molecule has 0 atom stereocenters. The van der Waals surface area contributed by atoms with Crippen LogP contribution < -0.4 is 5.32 Å². The van der Waals surface area contributed by atoms with Gasteiger partial charge in [-0.15, -0.1) is 5.10 Å². The van der Waals surface area contributed by atoms with Gasteiger partial charge in [0.1, 0.15) is 6.33 Å². The highest BCUT2D eigenvalue weighted by Crippen LogP contribution is 2.18. The molecule has 2 aromatic heterocycles. The van der Waals surface area contributed by atoms with Crippen molar-refractivity contribution < 1.29 is 4.79 Å². The molecule has 1 amide bonds. The third-order valence-electron chi connectivity index (χ3n) is 3.02. The summed E-state index contributed by atoms with van der Waals surface area (Å²) in [6.07, 6.45) is 4.71. The topological polar surface area (TPSA) is 90.5 Å². The van der Waals surface area contributed by atoms with E-state index in [2.05, 4.69) is 25.9 Å². The van der Waals surface area contributed by atoms with Crippen LogP contribution in [0.2, 0.25) is 0 Å². The maximum Gasteiger partial charge on any atom is 0.258 e. The lowest BCUT2D eigenvalue weighted by atomic mass is 10.1. The molecule has 0 unspecified atom stereocenters. The molecule has 1 aromatic carbocycles. The second-order valence-electron chi connectivity index (χ2n) is 4.61. The van der Waals surface area contributed by atoms with Gasteiger partial charge in [0.15, 0.2) is 0 Å². The molecule has 2 heterocycles. The summed E-state index contributed by atoms with van der Waals surface area (Å²) in [5, 5.41) is 17.9. The van der Waals surface area contributed by atoms with E-state index in [0.29, 0.717) is 11.3 Å². The van der Waals surface area contributed by atoms with Crippen LogP contribution >= 0.6 is 0 Å². The highest BCUT2D eigenvalue weighted by molar-refractivity contribution is 6.04. The molecule has 0 bridgehead atoms. The van der Waals surface area contributed by atoms with Crippen LogP contribution in [0.25, 0.3) is 5.69 Å². The number of rotatable bonds is 3. The predicted octanol–water partition coefficient (Wildman–Crippen LogP) is 0.957. The van der Waals surface area contributed by atoms with Crippen molar-refractivity contribution in [2.24, 2.45) is 7.05 Å². The van der Waals surface area contributed by atoms with Gasteiger partial charge in [-0.05, 0) is 41.1 Å². The largest absolute Gasteiger partial charge is 0.322 e. The van der Waals surface area contributed by atoms with Crippen molar-refractivity contribution in [3.8, 4) is 5.69 Å². The monoisotopic (exact) mass is 283 g/mol. The Labute approximate surface area is 120 Å². The van der Waals surface area contributed by atoms with E-state index in [0.717, 1.165) is 11.3 Å². The SMILES string of the molecule is Cc1cc(NC(=O)c2cnn(C)c2)ccc1-n1cnnn1. The van der Waals surface area contributed by atoms with E-state index in [4.69, 9.17) is 0 Å². The summed E-state index contributed by atoms with van der Waals surface area (Å²) >= 11 is 0. The number of anilines is 1. The molecule has 8 heteroatoms. The lowest BCUT2D eigenvalue weighted by Gasteiger charge is -2.08. The van der Waals surface area contributed by atoms with Gasteiger partial charge in [0.2, 0.25) is 0 Å². The van der Waals surface area contributed by atoms with E-state index in [9.17, 15) is 4.79 Å². The van der Waals surface area contributed by atoms with Crippen molar-refractivity contribution >= 4 is 11.6 Å². The average Bonchev–Trinajstić information content (AvgIpc) is 3.10. The quantitative estimate of drug-likeness (QED) is 0.773. The molecule has 0 radical (unpaired) electrons. The first-order valence-corrected chi connectivity index (χ1v) is 6.27. The Morgan fingerprint density at radius 3 is 2.81 bits per heavy atom. The summed E-state index contributed by atoms with van der Waals surface area (Å²) < 4.78 is 3.16. The van der Waals surface area contributed by atoms with Crippen molar-refractivity contribution in [1.29, 1.82) is 0 Å². The molecular formula is C13H13N7O. The van der Waals surface area contributed by atoms with Crippen LogP contribution in [0.3, 0.4) is 0 Å². The molecule has 3 aromatic rings. The standard InChI is InChI=1S/C13H13N7O/c1-9-5-11(3-4-12(9)20-8-14-17-18-20)16-13(21)10-6-15-19(2)7-10/h3-8H,1-2H3,(H,16,21). The number of nitrogens with zero attached hydrogens (tertiary/aromatic N) is 6. The first-order chi connectivity index (χ1) is 10.1. The molecule has 106 valence electrons. The Morgan fingerprint density at radius 1 is 1.33 bits per heavy atom. The van der Waals surface area contributed by atoms with Crippen molar-refractivity contribution in [2.45, 2.75) is 6.92 Å². The lowest BCUT2D eigenvalue weighted by molar-refractivity contribution is 0.102. The van der Waals surface area contributed by atoms with E-state index >= 15 is 0 Å². The van der Waals surface area contributed by atoms with Gasteiger partial charge in [-0.25, -0.2) is 4.68 Å². The Bertz CT molecular complexity index is 776. The minimum atomic E-state index is -0.197. The number of hydrogen-bond donors (Lipinski definition) is 1. The van der Waals surface area contributed by atoms with E-state index in [1.165, 1.54) is 12.5 Å². The van der Waals surface area contributed by atoms with Gasteiger partial charge in [-0.2, -0.15) is 5.10 Å². The lowest BCUT2D eigenvalue weighted by Crippen LogP contribution is -2.11. The number of tetrazole rings is 1. The summed E-state index contributed by atoms with van der Waals surface area (Å²) in [5.74, 6) is -0.197. The fraction of sp³-hybridized carbons (Fsp3) is 0.154. The van der Waals surface area contributed by atoms with Crippen molar-refractivity contribution in [2.75, 3.05) is 5.32 Å². The number of benzene rings is 1. The van der Waals surface area contributed by atoms with Crippen molar-refractivity contribution in [3.05, 3.63) is 48.0 Å². The van der Waals surface area contributed by atoms with E-state index in [-0.39, 0.29) is 5.91 Å². The third kappa shape index (κ3) is 2.64. The molecule has 0 saturated heterocycles. The smallest absolute Gasteiger partial charge is 0.258 e. The van der Waals surface area contributed by atoms with Crippen LogP contribution in [0.15, 0.2) is 36.9 Å². The fourth-order valence-corrected chi connectivity index (χ4v) is 2.00. The van der Waals surface area contributed by atoms with Gasteiger partial charge in [0, 0.05) is 18.9 Å². The molecule has 0 aliphatic rings. The third-order valence-corrected chi connectivity index (χ3v) is 3.02. The first kappa shape index (κ1) is 13.0. The first-order valence-electron chi connectivity index (χ1n) is 6.27. The number of carbonyl (C=O) groups excluding carboxylic acids is 1. The normalized spacial score (nSPS) is 10.6. The second kappa shape index (κ2) is 5.16. The van der Waals surface area contributed by atoms with Gasteiger partial charge in [0.25, 0.3) is 5.91 Å². The molecule has 21 heavy (non-hydrogen) atoms. The molecule has 0 fully saturated rings. The number of carbonyl (C=O) groups is 1. The van der Waals surface area contributed by atoms with Gasteiger partial charge < -0.3 is 5.32 Å². The Morgan fingerprint density at radius 2 is 2.19 bits per heavy atom. The Kier molecular flexibility index (Phi) is 3.19. The summed E-state index contributed by atoms with van der Waals surface area (Å²) in [7, 11) is 1.77. The molecule has 0 aliphatic heterocycles. The number of amides is 1. The minimum Gasteiger partial charge on any atom is -0.322 e. The van der Waals surface area contributed by atoms with Gasteiger partial charge in [-0.1, -0.05) is 0 Å². The zero-order valence-electron chi connectivity index (χ0n) is 11.6. The zero-order chi connectivity index (χ0) is 14.8. The summed E-state index contributed by atoms with van der Waals surface area (Å²) in [6, 6.07) is 5.52. The summed E-state index contributed by atoms with van der Waals surface area (Å²) in [5.41, 5.74) is 3.03. The second-order valence-corrected chi connectivity index (χ2v) is 4.61. The van der Waals surface area contributed by atoms with Gasteiger partial charge in [-0.3, -0.25) is 9.48 Å². The molecule has 8 nitrogen and oxygen atoms in total. The molecule has 0 aliphatic carbocycles. The fourth-order valence-electron chi connectivity index (χ4n) is 2.00. The predicted molar refractivity (Wildman–Crippen MR) is 75.1 cm³/mol. The maximum atomic E-state index is 12.1. The molecule has 1 N–H and O–H groups in total. The average molecular weight is 283 g/mol. The summed E-state index contributed by atoms with van der Waals surface area (Å²) in [6.45, 7) is 1.93. The molecule has 0 saturated carbocycles. The molecule has 3 rings (SSSR count). The van der Waals surface area contributed by atoms with Gasteiger partial charge >= 0.3 is 0 Å². The van der Waals surface area contributed by atoms with Crippen LogP contribution in [0.4, 0.5) is 5.69 Å². The van der Waals surface area contributed by atoms with Crippen molar-refractivity contribution in [1.82, 2.24) is 30.0 Å². The number of aryl methyl sites for hydroxylation is 2. The Balaban J connectivity index is 1.81. The van der Waals surface area contributed by atoms with Gasteiger partial charge in [0.05, 0.1) is 17.4 Å². The van der Waals surface area contributed by atoms with Crippen LogP contribution in [0.1, 0.15) is 15.9 Å². The Hall–Kier alpha value is -3.03. The van der Waals surface area contributed by atoms with E-state index < -0.39 is 0 Å². The number of aromatic nitrogens is 6. The van der Waals surface area contributed by atoms with E-state index in [1.807, 2.05) is 19.1 Å². The molecular weight excluding hydrogens is 270 g/mol. The minimum absolute atomic E-state index is 0.197. The zero-order valence-corrected chi connectivity index (χ0v) is 11.6. The van der Waals surface area contributed by atoms with Crippen LogP contribution in [0, 0.1) is 6.92 Å². The van der Waals surface area contributed by atoms with Crippen LogP contribution in [0.5, 0.6) is 0 Å². The highest BCUT2D eigenvalue weighted by Gasteiger charge is 2.09. The number of hydrogen-bond acceptors (Lipinski definition) is 5. The molecule has 0 spiro atoms. The van der Waals surface area contributed by atoms with Crippen molar-refractivity contribution in [3.63, 3.8) is 0 Å². The summed E-state index contributed by atoms with van der Waals surface area (Å²) in [4.78, 5) is 12.1. The highest BCUT2D eigenvalue weighted by atomic mass is 16.1.